The highest BCUT2D eigenvalue weighted by atomic mass is 19.1. The molecule has 2 aromatic carbocycles. The Morgan fingerprint density at radius 3 is 2.50 bits per heavy atom. The van der Waals surface area contributed by atoms with Crippen LogP contribution in [0.2, 0.25) is 0 Å². The first-order valence-electron chi connectivity index (χ1n) is 10.7. The van der Waals surface area contributed by atoms with Crippen LogP contribution in [0.3, 0.4) is 0 Å². The molecule has 1 fully saturated rings. The maximum absolute atomic E-state index is 13.7. The van der Waals surface area contributed by atoms with Gasteiger partial charge in [0.2, 0.25) is 0 Å². The summed E-state index contributed by atoms with van der Waals surface area (Å²) in [6.45, 7) is 4.77. The van der Waals surface area contributed by atoms with Crippen LogP contribution in [0.15, 0.2) is 53.5 Å². The van der Waals surface area contributed by atoms with Crippen molar-refractivity contribution in [3.63, 3.8) is 0 Å². The number of piperidine rings is 1. The number of aliphatic imine (C=N–C) groups is 1. The average molecular weight is 413 g/mol. The van der Waals surface area contributed by atoms with Gasteiger partial charge < -0.3 is 15.4 Å². The number of hydrogen-bond donors (Lipinski definition) is 2. The predicted octanol–water partition coefficient (Wildman–Crippen LogP) is 3.45. The van der Waals surface area contributed by atoms with Crippen molar-refractivity contribution in [2.75, 3.05) is 40.3 Å². The minimum absolute atomic E-state index is 0.149. The van der Waals surface area contributed by atoms with Crippen LogP contribution in [-0.2, 0) is 13.0 Å². The maximum Gasteiger partial charge on any atom is 0.190 e. The van der Waals surface area contributed by atoms with E-state index >= 15 is 0 Å². The van der Waals surface area contributed by atoms with Crippen molar-refractivity contribution in [1.82, 2.24) is 15.5 Å². The fourth-order valence-electron chi connectivity index (χ4n) is 3.82. The van der Waals surface area contributed by atoms with Crippen LogP contribution < -0.4 is 15.4 Å². The summed E-state index contributed by atoms with van der Waals surface area (Å²) in [7, 11) is 3.47. The Kier molecular flexibility index (Phi) is 8.51. The summed E-state index contributed by atoms with van der Waals surface area (Å²) in [5.41, 5.74) is 2.05. The minimum atomic E-state index is -0.149. The standard InChI is InChI=1S/C24H33FN4O/c1-26-24(27-14-11-21-5-3-4-6-23(21)25)28-17-19-12-15-29(16-13-19)18-20-7-9-22(30-2)10-8-20/h3-10,19H,11-18H2,1-2H3,(H2,26,27,28). The number of hydrogen-bond acceptors (Lipinski definition) is 3. The number of halogens is 1. The first-order valence-corrected chi connectivity index (χ1v) is 10.7. The number of benzene rings is 2. The lowest BCUT2D eigenvalue weighted by Gasteiger charge is -2.32. The highest BCUT2D eigenvalue weighted by Gasteiger charge is 2.19. The number of nitrogens with zero attached hydrogens (tertiary/aromatic N) is 2. The number of rotatable bonds is 8. The molecule has 0 radical (unpaired) electrons. The quantitative estimate of drug-likeness (QED) is 0.515. The molecule has 0 spiro atoms. The molecule has 2 N–H and O–H groups in total. The SMILES string of the molecule is CN=C(NCCc1ccccc1F)NCC1CCN(Cc2ccc(OC)cc2)CC1. The number of guanidine groups is 1. The lowest BCUT2D eigenvalue weighted by Crippen LogP contribution is -2.43. The Hall–Kier alpha value is -2.60. The van der Waals surface area contributed by atoms with Gasteiger partial charge in [-0.15, -0.1) is 0 Å². The van der Waals surface area contributed by atoms with Crippen LogP contribution >= 0.6 is 0 Å². The van der Waals surface area contributed by atoms with Crippen molar-refractivity contribution >= 4 is 5.96 Å². The van der Waals surface area contributed by atoms with Crippen molar-refractivity contribution < 1.29 is 9.13 Å². The predicted molar refractivity (Wildman–Crippen MR) is 120 cm³/mol. The van der Waals surface area contributed by atoms with Crippen LogP contribution in [0.25, 0.3) is 0 Å². The van der Waals surface area contributed by atoms with Gasteiger partial charge in [0, 0.05) is 26.7 Å². The summed E-state index contributed by atoms with van der Waals surface area (Å²) in [4.78, 5) is 6.80. The van der Waals surface area contributed by atoms with E-state index in [0.29, 0.717) is 18.9 Å². The zero-order valence-corrected chi connectivity index (χ0v) is 18.0. The third kappa shape index (κ3) is 6.73. The molecule has 2 aromatic rings. The van der Waals surface area contributed by atoms with Crippen molar-refractivity contribution in [3.8, 4) is 5.75 Å². The molecule has 1 saturated heterocycles. The molecule has 0 saturated carbocycles. The van der Waals surface area contributed by atoms with Crippen LogP contribution in [0.1, 0.15) is 24.0 Å². The van der Waals surface area contributed by atoms with E-state index in [1.807, 2.05) is 24.3 Å². The van der Waals surface area contributed by atoms with Gasteiger partial charge >= 0.3 is 0 Å². The molecule has 0 aliphatic carbocycles. The summed E-state index contributed by atoms with van der Waals surface area (Å²) in [5.74, 6) is 2.18. The van der Waals surface area contributed by atoms with Gasteiger partial charge in [0.05, 0.1) is 7.11 Å². The molecular weight excluding hydrogens is 379 g/mol. The van der Waals surface area contributed by atoms with Crippen LogP contribution in [0.4, 0.5) is 4.39 Å². The lowest BCUT2D eigenvalue weighted by atomic mass is 9.96. The fourth-order valence-corrected chi connectivity index (χ4v) is 3.82. The Bertz CT molecular complexity index is 801. The first kappa shape index (κ1) is 22.1. The molecule has 5 nitrogen and oxygen atoms in total. The Balaban J connectivity index is 1.34. The molecule has 0 aromatic heterocycles. The van der Waals surface area contributed by atoms with E-state index in [1.165, 1.54) is 24.5 Å². The van der Waals surface area contributed by atoms with Gasteiger partial charge in [0.25, 0.3) is 0 Å². The van der Waals surface area contributed by atoms with Crippen molar-refractivity contribution in [1.29, 1.82) is 0 Å². The molecule has 1 aliphatic heterocycles. The molecule has 6 heteroatoms. The van der Waals surface area contributed by atoms with Crippen LogP contribution in [0.5, 0.6) is 5.75 Å². The van der Waals surface area contributed by atoms with Crippen molar-refractivity contribution in [2.45, 2.75) is 25.8 Å². The smallest absolute Gasteiger partial charge is 0.190 e. The number of nitrogens with one attached hydrogen (secondary N) is 2. The van der Waals surface area contributed by atoms with E-state index < -0.39 is 0 Å². The van der Waals surface area contributed by atoms with E-state index in [-0.39, 0.29) is 5.82 Å². The summed E-state index contributed by atoms with van der Waals surface area (Å²) in [6.07, 6.45) is 2.99. The van der Waals surface area contributed by atoms with Gasteiger partial charge in [-0.05, 0) is 67.6 Å². The van der Waals surface area contributed by atoms with Gasteiger partial charge in [0.15, 0.2) is 5.96 Å². The number of ether oxygens (including phenoxy) is 1. The second-order valence-electron chi connectivity index (χ2n) is 7.79. The van der Waals surface area contributed by atoms with Gasteiger partial charge in [-0.25, -0.2) is 4.39 Å². The summed E-state index contributed by atoms with van der Waals surface area (Å²) in [5, 5.41) is 6.72. The van der Waals surface area contributed by atoms with Crippen LogP contribution in [0, 0.1) is 11.7 Å². The number of methoxy groups -OCH3 is 1. The van der Waals surface area contributed by atoms with E-state index in [1.54, 1.807) is 20.2 Å². The van der Waals surface area contributed by atoms with E-state index in [2.05, 4.69) is 32.7 Å². The average Bonchev–Trinajstić information content (AvgIpc) is 2.79. The Morgan fingerprint density at radius 1 is 1.10 bits per heavy atom. The summed E-state index contributed by atoms with van der Waals surface area (Å²) < 4.78 is 18.9. The fraction of sp³-hybridized carbons (Fsp3) is 0.458. The third-order valence-corrected chi connectivity index (χ3v) is 5.70. The molecule has 162 valence electrons. The van der Waals surface area contributed by atoms with E-state index in [0.717, 1.165) is 43.5 Å². The van der Waals surface area contributed by atoms with Gasteiger partial charge in [-0.1, -0.05) is 30.3 Å². The number of likely N-dealkylation sites (tertiary alicyclic amines) is 1. The summed E-state index contributed by atoms with van der Waals surface area (Å²) in [6, 6.07) is 15.2. The molecule has 30 heavy (non-hydrogen) atoms. The minimum Gasteiger partial charge on any atom is -0.497 e. The van der Waals surface area contributed by atoms with Gasteiger partial charge in [-0.3, -0.25) is 9.89 Å². The first-order chi connectivity index (χ1) is 14.7. The molecule has 1 heterocycles. The van der Waals surface area contributed by atoms with Crippen LogP contribution in [-0.4, -0.2) is 51.2 Å². The Labute approximate surface area is 179 Å². The molecule has 3 rings (SSSR count). The molecular formula is C24H33FN4O. The monoisotopic (exact) mass is 412 g/mol. The van der Waals surface area contributed by atoms with E-state index in [4.69, 9.17) is 4.74 Å². The van der Waals surface area contributed by atoms with Gasteiger partial charge in [0.1, 0.15) is 11.6 Å². The molecule has 0 unspecified atom stereocenters. The highest BCUT2D eigenvalue weighted by molar-refractivity contribution is 5.79. The van der Waals surface area contributed by atoms with Gasteiger partial charge in [-0.2, -0.15) is 0 Å². The molecule has 1 aliphatic rings. The zero-order chi connectivity index (χ0) is 21.2. The topological polar surface area (TPSA) is 48.9 Å². The lowest BCUT2D eigenvalue weighted by molar-refractivity contribution is 0.178. The zero-order valence-electron chi connectivity index (χ0n) is 18.0. The molecule has 0 bridgehead atoms. The largest absolute Gasteiger partial charge is 0.497 e. The second-order valence-corrected chi connectivity index (χ2v) is 7.79. The highest BCUT2D eigenvalue weighted by Crippen LogP contribution is 2.19. The molecule has 0 atom stereocenters. The normalized spacial score (nSPS) is 15.8. The second kappa shape index (κ2) is 11.6. The molecule has 0 amide bonds. The van der Waals surface area contributed by atoms with E-state index in [9.17, 15) is 4.39 Å². The Morgan fingerprint density at radius 2 is 1.83 bits per heavy atom. The van der Waals surface area contributed by atoms with Crippen molar-refractivity contribution in [3.05, 3.63) is 65.5 Å². The van der Waals surface area contributed by atoms with Crippen molar-refractivity contribution in [2.24, 2.45) is 10.9 Å². The summed E-state index contributed by atoms with van der Waals surface area (Å²) >= 11 is 0. The third-order valence-electron chi connectivity index (χ3n) is 5.70. The maximum atomic E-state index is 13.7.